The Labute approximate surface area is 81.8 Å². The van der Waals surface area contributed by atoms with E-state index in [4.69, 9.17) is 16.8 Å². The van der Waals surface area contributed by atoms with Gasteiger partial charge in [0.25, 0.3) is 0 Å². The van der Waals surface area contributed by atoms with E-state index < -0.39 is 0 Å². The van der Waals surface area contributed by atoms with Crippen LogP contribution >= 0.6 is 11.6 Å². The number of aromatic nitrogens is 2. The molecular weight excluding hydrogens is 190 g/mol. The molecule has 0 aromatic carbocycles. The van der Waals surface area contributed by atoms with Crippen molar-refractivity contribution in [2.24, 2.45) is 5.16 Å². The molecule has 0 bridgehead atoms. The maximum absolute atomic E-state index is 8.54. The molecule has 0 atom stereocenters. The molecule has 1 rings (SSSR count). The Hall–Kier alpha value is -1.03. The average molecular weight is 202 g/mol. The van der Waals surface area contributed by atoms with Gasteiger partial charge in [0.2, 0.25) is 0 Å². The molecule has 13 heavy (non-hydrogen) atoms. The number of rotatable bonds is 2. The van der Waals surface area contributed by atoms with Crippen molar-refractivity contribution in [2.45, 2.75) is 27.3 Å². The van der Waals surface area contributed by atoms with Gasteiger partial charge in [-0.3, -0.25) is 4.68 Å². The molecule has 5 heteroatoms. The molecule has 72 valence electrons. The monoisotopic (exact) mass is 201 g/mol. The molecule has 0 radical (unpaired) electrons. The van der Waals surface area contributed by atoms with E-state index in [9.17, 15) is 0 Å². The zero-order chi connectivity index (χ0) is 10.0. The largest absolute Gasteiger partial charge is 0.410 e. The Bertz CT molecular complexity index is 343. The lowest BCUT2D eigenvalue weighted by molar-refractivity contribution is 0.320. The number of hydrogen-bond acceptors (Lipinski definition) is 3. The highest BCUT2D eigenvalue weighted by atomic mass is 35.5. The number of hydrogen-bond donors (Lipinski definition) is 1. The minimum Gasteiger partial charge on any atom is -0.410 e. The van der Waals surface area contributed by atoms with Crippen molar-refractivity contribution in [3.05, 3.63) is 17.0 Å². The van der Waals surface area contributed by atoms with E-state index in [0.29, 0.717) is 5.56 Å². The summed E-state index contributed by atoms with van der Waals surface area (Å²) >= 11 is 5.72. The Morgan fingerprint density at radius 3 is 2.62 bits per heavy atom. The van der Waals surface area contributed by atoms with Crippen LogP contribution in [-0.4, -0.2) is 20.2 Å². The second-order valence-electron chi connectivity index (χ2n) is 2.75. The van der Waals surface area contributed by atoms with Gasteiger partial charge < -0.3 is 5.21 Å². The SMILES string of the molecule is CCn1nc(C)c(/C(Cl)=N/O)c1C. The maximum atomic E-state index is 8.54. The van der Waals surface area contributed by atoms with E-state index in [1.807, 2.05) is 25.5 Å². The Morgan fingerprint density at radius 2 is 2.23 bits per heavy atom. The third kappa shape index (κ3) is 1.67. The fourth-order valence-corrected chi connectivity index (χ4v) is 1.63. The highest BCUT2D eigenvalue weighted by molar-refractivity contribution is 6.69. The smallest absolute Gasteiger partial charge is 0.179 e. The third-order valence-electron chi connectivity index (χ3n) is 1.98. The van der Waals surface area contributed by atoms with E-state index >= 15 is 0 Å². The van der Waals surface area contributed by atoms with Gasteiger partial charge in [0.05, 0.1) is 11.3 Å². The van der Waals surface area contributed by atoms with Crippen LogP contribution in [0.1, 0.15) is 23.9 Å². The first kappa shape index (κ1) is 10.1. The van der Waals surface area contributed by atoms with Gasteiger partial charge in [0.15, 0.2) is 5.17 Å². The summed E-state index contributed by atoms with van der Waals surface area (Å²) in [4.78, 5) is 0. The summed E-state index contributed by atoms with van der Waals surface area (Å²) < 4.78 is 1.82. The molecule has 0 saturated heterocycles. The fraction of sp³-hybridized carbons (Fsp3) is 0.500. The summed E-state index contributed by atoms with van der Waals surface area (Å²) in [6, 6.07) is 0. The molecule has 0 saturated carbocycles. The zero-order valence-corrected chi connectivity index (χ0v) is 8.63. The molecule has 4 nitrogen and oxygen atoms in total. The quantitative estimate of drug-likeness (QED) is 0.451. The predicted molar refractivity (Wildman–Crippen MR) is 51.6 cm³/mol. The van der Waals surface area contributed by atoms with Crippen molar-refractivity contribution in [1.82, 2.24) is 9.78 Å². The van der Waals surface area contributed by atoms with Gasteiger partial charge in [-0.25, -0.2) is 0 Å². The van der Waals surface area contributed by atoms with Crippen LogP contribution in [0.4, 0.5) is 0 Å². The number of aryl methyl sites for hydroxylation is 2. The van der Waals surface area contributed by atoms with E-state index in [0.717, 1.165) is 17.9 Å². The van der Waals surface area contributed by atoms with E-state index in [1.165, 1.54) is 0 Å². The summed E-state index contributed by atoms with van der Waals surface area (Å²) in [5.41, 5.74) is 2.41. The first-order valence-corrected chi connectivity index (χ1v) is 4.41. The van der Waals surface area contributed by atoms with Crippen LogP contribution in [0.25, 0.3) is 0 Å². The third-order valence-corrected chi connectivity index (χ3v) is 2.24. The highest BCUT2D eigenvalue weighted by Gasteiger charge is 2.14. The second-order valence-corrected chi connectivity index (χ2v) is 3.11. The molecule has 0 amide bonds. The van der Waals surface area contributed by atoms with Gasteiger partial charge in [-0.05, 0) is 20.8 Å². The fourth-order valence-electron chi connectivity index (χ4n) is 1.35. The summed E-state index contributed by atoms with van der Waals surface area (Å²) in [6.45, 7) is 6.50. The Kier molecular flexibility index (Phi) is 2.93. The molecule has 1 heterocycles. The van der Waals surface area contributed by atoms with Crippen LogP contribution in [0, 0.1) is 13.8 Å². The van der Waals surface area contributed by atoms with Crippen LogP contribution in [-0.2, 0) is 6.54 Å². The summed E-state index contributed by atoms with van der Waals surface area (Å²) in [5, 5.41) is 15.8. The van der Waals surface area contributed by atoms with Crippen molar-refractivity contribution in [3.63, 3.8) is 0 Å². The van der Waals surface area contributed by atoms with E-state index in [1.54, 1.807) is 0 Å². The number of nitrogens with zero attached hydrogens (tertiary/aromatic N) is 3. The van der Waals surface area contributed by atoms with Crippen LogP contribution < -0.4 is 0 Å². The lowest BCUT2D eigenvalue weighted by Crippen LogP contribution is -2.00. The predicted octanol–water partition coefficient (Wildman–Crippen LogP) is 1.89. The molecule has 0 aliphatic rings. The molecule has 0 spiro atoms. The van der Waals surface area contributed by atoms with Crippen LogP contribution in [0.3, 0.4) is 0 Å². The Balaban J connectivity index is 3.28. The van der Waals surface area contributed by atoms with Crippen LogP contribution in [0.2, 0.25) is 0 Å². The van der Waals surface area contributed by atoms with Crippen molar-refractivity contribution in [3.8, 4) is 0 Å². The first-order chi connectivity index (χ1) is 6.11. The highest BCUT2D eigenvalue weighted by Crippen LogP contribution is 2.15. The van der Waals surface area contributed by atoms with Gasteiger partial charge in [0, 0.05) is 12.2 Å². The Morgan fingerprint density at radius 1 is 1.62 bits per heavy atom. The molecule has 0 fully saturated rings. The van der Waals surface area contributed by atoms with Gasteiger partial charge >= 0.3 is 0 Å². The van der Waals surface area contributed by atoms with Crippen LogP contribution in [0.5, 0.6) is 0 Å². The molecule has 0 aliphatic heterocycles. The van der Waals surface area contributed by atoms with E-state index in [-0.39, 0.29) is 5.17 Å². The van der Waals surface area contributed by atoms with Gasteiger partial charge in [-0.2, -0.15) is 5.10 Å². The molecule has 1 N–H and O–H groups in total. The number of halogens is 1. The van der Waals surface area contributed by atoms with Crippen molar-refractivity contribution < 1.29 is 5.21 Å². The summed E-state index contributed by atoms with van der Waals surface area (Å²) in [7, 11) is 0. The van der Waals surface area contributed by atoms with Crippen molar-refractivity contribution >= 4 is 16.8 Å². The minimum absolute atomic E-state index is 0.0923. The summed E-state index contributed by atoms with van der Waals surface area (Å²) in [5.74, 6) is 0. The van der Waals surface area contributed by atoms with Crippen LogP contribution in [0.15, 0.2) is 5.16 Å². The lowest BCUT2D eigenvalue weighted by Gasteiger charge is -1.99. The number of oxime groups is 1. The topological polar surface area (TPSA) is 50.4 Å². The van der Waals surface area contributed by atoms with E-state index in [2.05, 4.69) is 10.3 Å². The average Bonchev–Trinajstić information content (AvgIpc) is 2.40. The molecule has 0 unspecified atom stereocenters. The van der Waals surface area contributed by atoms with Gasteiger partial charge in [-0.1, -0.05) is 16.8 Å². The van der Waals surface area contributed by atoms with Crippen molar-refractivity contribution in [1.29, 1.82) is 0 Å². The van der Waals surface area contributed by atoms with Gasteiger partial charge in [-0.15, -0.1) is 0 Å². The first-order valence-electron chi connectivity index (χ1n) is 4.03. The standard InChI is InChI=1S/C8H12ClN3O/c1-4-12-6(3)7(5(2)10-12)8(9)11-13/h13H,4H2,1-3H3/b11-8-. The lowest BCUT2D eigenvalue weighted by atomic mass is 10.2. The maximum Gasteiger partial charge on any atom is 0.179 e. The normalized spacial score (nSPS) is 12.2. The molecule has 0 aliphatic carbocycles. The van der Waals surface area contributed by atoms with Crippen molar-refractivity contribution in [2.75, 3.05) is 0 Å². The molecular formula is C8H12ClN3O. The molecule has 1 aromatic heterocycles. The molecule has 1 aromatic rings. The summed E-state index contributed by atoms with van der Waals surface area (Å²) in [6.07, 6.45) is 0. The van der Waals surface area contributed by atoms with Gasteiger partial charge in [0.1, 0.15) is 0 Å². The minimum atomic E-state index is 0.0923. The zero-order valence-electron chi connectivity index (χ0n) is 7.87. The second kappa shape index (κ2) is 3.79.